The minimum Gasteiger partial charge on any atom is -0.370 e. The molecule has 0 aliphatic carbocycles. The lowest BCUT2D eigenvalue weighted by Crippen LogP contribution is -2.39. The Morgan fingerprint density at radius 3 is 2.45 bits per heavy atom. The molecule has 0 fully saturated rings. The van der Waals surface area contributed by atoms with Gasteiger partial charge in [0.05, 0.1) is 23.1 Å². The van der Waals surface area contributed by atoms with Gasteiger partial charge in [-0.3, -0.25) is 19.7 Å². The molecule has 5 N–H and O–H groups in total. The number of rotatable bonds is 5. The van der Waals surface area contributed by atoms with Crippen molar-refractivity contribution in [3.63, 3.8) is 0 Å². The second kappa shape index (κ2) is 6.02. The summed E-state index contributed by atoms with van der Waals surface area (Å²) in [4.78, 5) is 31.5. The second-order valence-corrected chi connectivity index (χ2v) is 3.81. The zero-order valence-electron chi connectivity index (χ0n) is 9.93. The van der Waals surface area contributed by atoms with Crippen molar-refractivity contribution in [1.82, 2.24) is 0 Å². The number of nitrogens with two attached hydrogens (primary N) is 2. The zero-order chi connectivity index (χ0) is 15.4. The number of anilines is 1. The van der Waals surface area contributed by atoms with E-state index in [9.17, 15) is 28.5 Å². The summed E-state index contributed by atoms with van der Waals surface area (Å²) in [5.74, 6) is -4.43. The fourth-order valence-corrected chi connectivity index (χ4v) is 1.31. The Morgan fingerprint density at radius 1 is 1.35 bits per heavy atom. The summed E-state index contributed by atoms with van der Waals surface area (Å²) in [6.45, 7) is 0. The van der Waals surface area contributed by atoms with Crippen LogP contribution < -0.4 is 16.8 Å². The predicted molar refractivity (Wildman–Crippen MR) is 63.4 cm³/mol. The third kappa shape index (κ3) is 3.68. The summed E-state index contributed by atoms with van der Waals surface area (Å²) >= 11 is 0. The van der Waals surface area contributed by atoms with Gasteiger partial charge in [-0.25, -0.2) is 4.39 Å². The minimum atomic E-state index is -1.38. The number of carbonyl (C=O) groups excluding carboxylic acids is 2. The van der Waals surface area contributed by atoms with Crippen LogP contribution in [-0.2, 0) is 9.59 Å². The molecule has 0 saturated heterocycles. The Kier molecular flexibility index (Phi) is 4.64. The normalized spacial score (nSPS) is 11.8. The first-order valence-electron chi connectivity index (χ1n) is 5.20. The molecular formula is C10H10F2N4O4. The van der Waals surface area contributed by atoms with Crippen molar-refractivity contribution in [3.05, 3.63) is 33.9 Å². The number of nitro benzene ring substituents is 1. The third-order valence-corrected chi connectivity index (χ3v) is 2.25. The van der Waals surface area contributed by atoms with Gasteiger partial charge in [0.2, 0.25) is 17.6 Å². The quantitative estimate of drug-likeness (QED) is 0.517. The number of nitrogens with zero attached hydrogens (tertiary/aromatic N) is 1. The highest BCUT2D eigenvalue weighted by Gasteiger charge is 2.22. The topological polar surface area (TPSA) is 141 Å². The number of benzene rings is 1. The van der Waals surface area contributed by atoms with Gasteiger partial charge in [0.1, 0.15) is 5.82 Å². The van der Waals surface area contributed by atoms with Crippen LogP contribution in [0.2, 0.25) is 0 Å². The van der Waals surface area contributed by atoms with E-state index in [4.69, 9.17) is 11.5 Å². The van der Waals surface area contributed by atoms with Gasteiger partial charge in [0.15, 0.2) is 0 Å². The molecule has 1 aromatic rings. The molecule has 1 atom stereocenters. The zero-order valence-corrected chi connectivity index (χ0v) is 9.93. The average molecular weight is 288 g/mol. The van der Waals surface area contributed by atoms with Gasteiger partial charge in [-0.15, -0.1) is 0 Å². The van der Waals surface area contributed by atoms with E-state index in [1.165, 1.54) is 0 Å². The second-order valence-electron chi connectivity index (χ2n) is 3.81. The highest BCUT2D eigenvalue weighted by Crippen LogP contribution is 2.25. The van der Waals surface area contributed by atoms with Crippen molar-refractivity contribution >= 4 is 23.2 Å². The summed E-state index contributed by atoms with van der Waals surface area (Å²) in [6.07, 6.45) is -0.489. The molecule has 1 rings (SSSR count). The van der Waals surface area contributed by atoms with E-state index in [2.05, 4.69) is 0 Å². The molecule has 0 aliphatic heterocycles. The Bertz CT molecular complexity index is 579. The van der Waals surface area contributed by atoms with Gasteiger partial charge < -0.3 is 16.8 Å². The molecule has 0 radical (unpaired) electrons. The van der Waals surface area contributed by atoms with Crippen LogP contribution >= 0.6 is 0 Å². The molecule has 8 nitrogen and oxygen atoms in total. The van der Waals surface area contributed by atoms with E-state index in [1.54, 1.807) is 0 Å². The monoisotopic (exact) mass is 288 g/mol. The van der Waals surface area contributed by atoms with E-state index in [-0.39, 0.29) is 6.07 Å². The van der Waals surface area contributed by atoms with E-state index in [0.29, 0.717) is 6.07 Å². The van der Waals surface area contributed by atoms with Gasteiger partial charge >= 0.3 is 5.69 Å². The van der Waals surface area contributed by atoms with E-state index < -0.39 is 52.2 Å². The number of carbonyl (C=O) groups is 2. The lowest BCUT2D eigenvalue weighted by Gasteiger charge is -2.11. The average Bonchev–Trinajstić information content (AvgIpc) is 2.30. The van der Waals surface area contributed by atoms with Crippen molar-refractivity contribution < 1.29 is 23.3 Å². The first-order valence-corrected chi connectivity index (χ1v) is 5.20. The fraction of sp³-hybridized carbons (Fsp3) is 0.200. The molecule has 1 aromatic carbocycles. The molecule has 1 unspecified atom stereocenters. The van der Waals surface area contributed by atoms with Crippen LogP contribution in [0.25, 0.3) is 0 Å². The van der Waals surface area contributed by atoms with Crippen LogP contribution in [0.5, 0.6) is 0 Å². The highest BCUT2D eigenvalue weighted by atomic mass is 19.1. The van der Waals surface area contributed by atoms with Crippen LogP contribution in [0.4, 0.5) is 20.2 Å². The fourth-order valence-electron chi connectivity index (χ4n) is 1.31. The first-order chi connectivity index (χ1) is 9.22. The third-order valence-electron chi connectivity index (χ3n) is 2.25. The Labute approximate surface area is 110 Å². The number of hydrogen-bond acceptors (Lipinski definition) is 5. The summed E-state index contributed by atoms with van der Waals surface area (Å²) < 4.78 is 26.4. The molecule has 10 heteroatoms. The molecule has 0 saturated carbocycles. The lowest BCUT2D eigenvalue weighted by atomic mass is 10.2. The number of primary amides is 1. The van der Waals surface area contributed by atoms with Gasteiger partial charge in [0.25, 0.3) is 0 Å². The highest BCUT2D eigenvalue weighted by molar-refractivity contribution is 5.97. The van der Waals surface area contributed by atoms with Crippen LogP contribution in [0.3, 0.4) is 0 Å². The molecule has 0 aliphatic rings. The van der Waals surface area contributed by atoms with Crippen LogP contribution in [0, 0.1) is 21.7 Å². The first kappa shape index (κ1) is 15.4. The molecule has 0 spiro atoms. The molecule has 2 amide bonds. The maximum atomic E-state index is 13.4. The maximum Gasteiger partial charge on any atom is 0.307 e. The van der Waals surface area contributed by atoms with Gasteiger partial charge in [-0.05, 0) is 0 Å². The molecule has 0 aromatic heterocycles. The summed E-state index contributed by atoms with van der Waals surface area (Å²) in [6, 6.07) is -0.580. The Balaban J connectivity index is 2.97. The smallest absolute Gasteiger partial charge is 0.307 e. The minimum absolute atomic E-state index is 0.257. The van der Waals surface area contributed by atoms with Crippen LogP contribution in [0.15, 0.2) is 12.1 Å². The van der Waals surface area contributed by atoms with Gasteiger partial charge in [0, 0.05) is 12.1 Å². The van der Waals surface area contributed by atoms with Crippen LogP contribution in [0.1, 0.15) is 6.42 Å². The number of amides is 2. The van der Waals surface area contributed by atoms with Crippen LogP contribution in [-0.4, -0.2) is 22.8 Å². The molecule has 0 bridgehead atoms. The van der Waals surface area contributed by atoms with Crippen molar-refractivity contribution in [3.8, 4) is 0 Å². The number of nitrogens with one attached hydrogen (secondary N) is 1. The van der Waals surface area contributed by atoms with Gasteiger partial charge in [-0.2, -0.15) is 4.39 Å². The van der Waals surface area contributed by atoms with E-state index in [0.717, 1.165) is 0 Å². The summed E-state index contributed by atoms with van der Waals surface area (Å²) in [7, 11) is 0. The number of halogens is 2. The molecular weight excluding hydrogens is 278 g/mol. The van der Waals surface area contributed by atoms with Crippen molar-refractivity contribution in [2.45, 2.75) is 12.5 Å². The molecule has 0 heterocycles. The Morgan fingerprint density at radius 2 is 1.95 bits per heavy atom. The van der Waals surface area contributed by atoms with Crippen molar-refractivity contribution in [2.24, 2.45) is 11.5 Å². The number of nitro groups is 1. The molecule has 108 valence electrons. The molecule has 20 heavy (non-hydrogen) atoms. The predicted octanol–water partition coefficient (Wildman–Crippen LogP) is 0.0142. The standard InChI is InChI=1S/C10H10F2N4O4/c11-4-1-5(12)8(16(19)20)3-7(4)15-10(18)6(13)2-9(14)17/h1,3,6H,2,13H2,(H2,14,17)(H,15,18). The summed E-state index contributed by atoms with van der Waals surface area (Å²) in [5, 5.41) is 12.4. The SMILES string of the molecule is NC(=O)CC(N)C(=O)Nc1cc([N+](=O)[O-])c(F)cc1F. The van der Waals surface area contributed by atoms with E-state index >= 15 is 0 Å². The van der Waals surface area contributed by atoms with Crippen molar-refractivity contribution in [2.75, 3.05) is 5.32 Å². The van der Waals surface area contributed by atoms with Crippen molar-refractivity contribution in [1.29, 1.82) is 0 Å². The number of hydrogen-bond donors (Lipinski definition) is 3. The van der Waals surface area contributed by atoms with Gasteiger partial charge in [-0.1, -0.05) is 0 Å². The maximum absolute atomic E-state index is 13.4. The lowest BCUT2D eigenvalue weighted by molar-refractivity contribution is -0.387. The van der Waals surface area contributed by atoms with E-state index in [1.807, 2.05) is 5.32 Å². The Hall–Kier alpha value is -2.62. The largest absolute Gasteiger partial charge is 0.370 e. The summed E-state index contributed by atoms with van der Waals surface area (Å²) in [5.41, 5.74) is 8.50.